The predicted molar refractivity (Wildman–Crippen MR) is 112 cm³/mol. The van der Waals surface area contributed by atoms with Gasteiger partial charge in [0.05, 0.1) is 13.7 Å². The number of hydrogen-bond acceptors (Lipinski definition) is 5. The van der Waals surface area contributed by atoms with Crippen LogP contribution in [0.3, 0.4) is 0 Å². The molecule has 2 aromatic rings. The first-order valence-corrected chi connectivity index (χ1v) is 9.70. The van der Waals surface area contributed by atoms with Crippen LogP contribution in [-0.2, 0) is 16.1 Å². The molecular formula is C21H19BrN2O6. The molecule has 0 spiro atoms. The van der Waals surface area contributed by atoms with Gasteiger partial charge < -0.3 is 19.9 Å². The summed E-state index contributed by atoms with van der Waals surface area (Å²) in [4.78, 5) is 37.0. The molecule has 156 valence electrons. The van der Waals surface area contributed by atoms with Crippen LogP contribution in [-0.4, -0.2) is 41.6 Å². The molecule has 0 aliphatic carbocycles. The zero-order valence-corrected chi connectivity index (χ0v) is 17.9. The SMILES string of the molecule is COc1cc(/C=C2/NC(=O)N(Cc3cccc(C)c3)C2=O)c(Br)cc1OCC(=O)O. The van der Waals surface area contributed by atoms with Crippen LogP contribution in [0, 0.1) is 6.92 Å². The van der Waals surface area contributed by atoms with Crippen molar-refractivity contribution in [1.82, 2.24) is 10.2 Å². The van der Waals surface area contributed by atoms with Crippen molar-refractivity contribution in [2.24, 2.45) is 0 Å². The number of amides is 3. The molecule has 1 fully saturated rings. The lowest BCUT2D eigenvalue weighted by molar-refractivity contribution is -0.139. The van der Waals surface area contributed by atoms with Crippen molar-refractivity contribution >= 4 is 39.9 Å². The molecule has 9 heteroatoms. The van der Waals surface area contributed by atoms with Gasteiger partial charge >= 0.3 is 12.0 Å². The molecular weight excluding hydrogens is 456 g/mol. The van der Waals surface area contributed by atoms with E-state index < -0.39 is 24.5 Å². The number of halogens is 1. The largest absolute Gasteiger partial charge is 0.493 e. The maximum absolute atomic E-state index is 12.8. The lowest BCUT2D eigenvalue weighted by Crippen LogP contribution is -2.30. The lowest BCUT2D eigenvalue weighted by atomic mass is 10.1. The number of nitrogens with one attached hydrogen (secondary N) is 1. The van der Waals surface area contributed by atoms with Gasteiger partial charge in [-0.1, -0.05) is 45.8 Å². The Morgan fingerprint density at radius 2 is 2.00 bits per heavy atom. The number of carboxylic acids is 1. The zero-order valence-electron chi connectivity index (χ0n) is 16.3. The van der Waals surface area contributed by atoms with E-state index in [9.17, 15) is 14.4 Å². The third-order valence-electron chi connectivity index (χ3n) is 4.32. The van der Waals surface area contributed by atoms with E-state index in [1.54, 1.807) is 12.1 Å². The second-order valence-electron chi connectivity index (χ2n) is 6.58. The number of rotatable bonds is 7. The highest BCUT2D eigenvalue weighted by Crippen LogP contribution is 2.35. The number of aryl methyl sites for hydroxylation is 1. The molecule has 0 atom stereocenters. The van der Waals surface area contributed by atoms with Crippen molar-refractivity contribution in [3.8, 4) is 11.5 Å². The summed E-state index contributed by atoms with van der Waals surface area (Å²) in [7, 11) is 1.42. The summed E-state index contributed by atoms with van der Waals surface area (Å²) in [5.41, 5.74) is 2.56. The Kier molecular flexibility index (Phi) is 6.41. The highest BCUT2D eigenvalue weighted by Gasteiger charge is 2.33. The molecule has 1 aliphatic rings. The molecule has 1 saturated heterocycles. The summed E-state index contributed by atoms with van der Waals surface area (Å²) in [5, 5.41) is 11.4. The number of aliphatic carboxylic acids is 1. The van der Waals surface area contributed by atoms with Crippen molar-refractivity contribution < 1.29 is 29.0 Å². The minimum atomic E-state index is -1.12. The van der Waals surface area contributed by atoms with E-state index >= 15 is 0 Å². The van der Waals surface area contributed by atoms with Crippen molar-refractivity contribution in [3.63, 3.8) is 0 Å². The zero-order chi connectivity index (χ0) is 21.8. The summed E-state index contributed by atoms with van der Waals surface area (Å²) in [6, 6.07) is 10.2. The monoisotopic (exact) mass is 474 g/mol. The van der Waals surface area contributed by atoms with Crippen LogP contribution in [0.2, 0.25) is 0 Å². The molecule has 0 unspecified atom stereocenters. The van der Waals surface area contributed by atoms with E-state index in [0.717, 1.165) is 16.0 Å². The number of benzene rings is 2. The van der Waals surface area contributed by atoms with Gasteiger partial charge in [-0.3, -0.25) is 9.69 Å². The number of methoxy groups -OCH3 is 1. The molecule has 30 heavy (non-hydrogen) atoms. The molecule has 0 aromatic heterocycles. The molecule has 3 amide bonds. The fourth-order valence-electron chi connectivity index (χ4n) is 2.94. The van der Waals surface area contributed by atoms with Crippen molar-refractivity contribution in [2.45, 2.75) is 13.5 Å². The van der Waals surface area contributed by atoms with Crippen LogP contribution >= 0.6 is 15.9 Å². The van der Waals surface area contributed by atoms with Gasteiger partial charge in [0.1, 0.15) is 5.70 Å². The highest BCUT2D eigenvalue weighted by molar-refractivity contribution is 9.10. The van der Waals surface area contributed by atoms with Gasteiger partial charge in [-0.15, -0.1) is 0 Å². The Hall–Kier alpha value is -3.33. The van der Waals surface area contributed by atoms with Crippen LogP contribution in [0.1, 0.15) is 16.7 Å². The fraction of sp³-hybridized carbons (Fsp3) is 0.190. The Morgan fingerprint density at radius 3 is 2.67 bits per heavy atom. The van der Waals surface area contributed by atoms with E-state index in [-0.39, 0.29) is 18.0 Å². The lowest BCUT2D eigenvalue weighted by Gasteiger charge is -2.12. The van der Waals surface area contributed by atoms with Gasteiger partial charge in [0.15, 0.2) is 18.1 Å². The minimum Gasteiger partial charge on any atom is -0.493 e. The topological polar surface area (TPSA) is 105 Å². The first-order chi connectivity index (χ1) is 14.3. The van der Waals surface area contributed by atoms with Gasteiger partial charge in [0, 0.05) is 4.47 Å². The van der Waals surface area contributed by atoms with E-state index in [1.807, 2.05) is 31.2 Å². The van der Waals surface area contributed by atoms with Gasteiger partial charge in [0.2, 0.25) is 0 Å². The number of imide groups is 1. The van der Waals surface area contributed by atoms with Crippen molar-refractivity contribution in [3.05, 3.63) is 63.3 Å². The van der Waals surface area contributed by atoms with Crippen LogP contribution in [0.5, 0.6) is 11.5 Å². The molecule has 8 nitrogen and oxygen atoms in total. The summed E-state index contributed by atoms with van der Waals surface area (Å²) in [6.45, 7) is 1.58. The molecule has 3 rings (SSSR count). The molecule has 2 aromatic carbocycles. The number of urea groups is 1. The second kappa shape index (κ2) is 9.00. The van der Waals surface area contributed by atoms with Gasteiger partial charge in [-0.2, -0.15) is 0 Å². The normalized spacial score (nSPS) is 14.8. The van der Waals surface area contributed by atoms with Gasteiger partial charge in [-0.25, -0.2) is 9.59 Å². The van der Waals surface area contributed by atoms with Crippen molar-refractivity contribution in [1.29, 1.82) is 0 Å². The Bertz CT molecular complexity index is 1050. The standard InChI is InChI=1S/C21H19BrN2O6/c1-12-4-3-5-13(6-12)10-24-20(27)16(23-21(24)28)7-14-8-17(29-2)18(9-15(14)22)30-11-19(25)26/h3-9H,10-11H2,1-2H3,(H,23,28)(H,25,26)/b16-7+. The van der Waals surface area contributed by atoms with Crippen molar-refractivity contribution in [2.75, 3.05) is 13.7 Å². The number of hydrogen-bond donors (Lipinski definition) is 2. The van der Waals surface area contributed by atoms with E-state index in [2.05, 4.69) is 21.2 Å². The molecule has 0 saturated carbocycles. The Morgan fingerprint density at radius 1 is 1.23 bits per heavy atom. The fourth-order valence-corrected chi connectivity index (χ4v) is 3.37. The third-order valence-corrected chi connectivity index (χ3v) is 5.01. The molecule has 0 radical (unpaired) electrons. The van der Waals surface area contributed by atoms with Crippen LogP contribution in [0.25, 0.3) is 6.08 Å². The van der Waals surface area contributed by atoms with E-state index in [0.29, 0.717) is 15.8 Å². The van der Waals surface area contributed by atoms with Gasteiger partial charge in [-0.05, 0) is 36.3 Å². The summed E-state index contributed by atoms with van der Waals surface area (Å²) in [5.74, 6) is -1.04. The third kappa shape index (κ3) is 4.80. The summed E-state index contributed by atoms with van der Waals surface area (Å²) >= 11 is 3.37. The predicted octanol–water partition coefficient (Wildman–Crippen LogP) is 3.32. The molecule has 0 bridgehead atoms. The quantitative estimate of drug-likeness (QED) is 0.470. The Labute approximate surface area is 181 Å². The number of carboxylic acid groups (broad SMARTS) is 1. The first-order valence-electron chi connectivity index (χ1n) is 8.90. The van der Waals surface area contributed by atoms with Gasteiger partial charge in [0.25, 0.3) is 5.91 Å². The summed E-state index contributed by atoms with van der Waals surface area (Å²) in [6.07, 6.45) is 1.52. The average Bonchev–Trinajstić information content (AvgIpc) is 2.95. The Balaban J connectivity index is 1.85. The van der Waals surface area contributed by atoms with Crippen LogP contribution in [0.4, 0.5) is 4.79 Å². The van der Waals surface area contributed by atoms with Crippen LogP contribution < -0.4 is 14.8 Å². The summed E-state index contributed by atoms with van der Waals surface area (Å²) < 4.78 is 11.0. The second-order valence-corrected chi connectivity index (χ2v) is 7.43. The maximum Gasteiger partial charge on any atom is 0.341 e. The maximum atomic E-state index is 12.8. The van der Waals surface area contributed by atoms with E-state index in [4.69, 9.17) is 14.6 Å². The molecule has 2 N–H and O–H groups in total. The highest BCUT2D eigenvalue weighted by atomic mass is 79.9. The smallest absolute Gasteiger partial charge is 0.341 e. The average molecular weight is 475 g/mol. The number of nitrogens with zero attached hydrogens (tertiary/aromatic N) is 1. The number of carbonyl (C=O) groups is 3. The number of carbonyl (C=O) groups excluding carboxylic acids is 2. The molecule has 1 heterocycles. The number of ether oxygens (including phenoxy) is 2. The minimum absolute atomic E-state index is 0.120. The molecule has 1 aliphatic heterocycles. The van der Waals surface area contributed by atoms with E-state index in [1.165, 1.54) is 13.2 Å². The van der Waals surface area contributed by atoms with Crippen LogP contribution in [0.15, 0.2) is 46.6 Å². The first kappa shape index (κ1) is 21.4.